The molecule has 1 aliphatic carbocycles. The molecule has 0 unspecified atom stereocenters. The molecule has 0 spiro atoms. The molecule has 0 aromatic carbocycles. The summed E-state index contributed by atoms with van der Waals surface area (Å²) < 4.78 is 12.4. The van der Waals surface area contributed by atoms with Crippen LogP contribution in [0, 0.1) is 0 Å². The molecular weight excluding hydrogens is 316 g/mol. The number of hydrogen-bond acceptors (Lipinski definition) is 3. The van der Waals surface area contributed by atoms with Gasteiger partial charge in [-0.25, -0.2) is 4.79 Å². The van der Waals surface area contributed by atoms with Gasteiger partial charge in [-0.2, -0.15) is 0 Å². The van der Waals surface area contributed by atoms with Crippen LogP contribution in [-0.4, -0.2) is 26.5 Å². The molecule has 136 valence electrons. The smallest absolute Gasteiger partial charge is 0.334 e. The van der Waals surface area contributed by atoms with Crippen LogP contribution in [0.25, 0.3) is 0 Å². The van der Waals surface area contributed by atoms with Crippen molar-refractivity contribution in [2.45, 2.75) is 96.6 Å². The molecule has 3 nitrogen and oxygen atoms in total. The van der Waals surface area contributed by atoms with E-state index >= 15 is 0 Å². The molecule has 0 amide bonds. The fourth-order valence-corrected chi connectivity index (χ4v) is 4.47. The number of allylic oxidation sites excluding steroid dienone is 2. The lowest BCUT2D eigenvalue weighted by atomic mass is 9.91. The summed E-state index contributed by atoms with van der Waals surface area (Å²) in [5.41, 5.74) is 2.18. The monoisotopic (exact) mass is 350 g/mol. The van der Waals surface area contributed by atoms with Gasteiger partial charge in [0.15, 0.2) is 8.32 Å². The molecule has 2 aliphatic rings. The summed E-state index contributed by atoms with van der Waals surface area (Å²) in [5, 5.41) is 0.146. The van der Waals surface area contributed by atoms with Gasteiger partial charge < -0.3 is 9.16 Å². The Bertz CT molecular complexity index is 517. The van der Waals surface area contributed by atoms with E-state index in [0.29, 0.717) is 6.42 Å². The van der Waals surface area contributed by atoms with Crippen LogP contribution in [0.5, 0.6) is 0 Å². The Morgan fingerprint density at radius 1 is 1.17 bits per heavy atom. The molecular formula is C20H34O3Si. The van der Waals surface area contributed by atoms with Crippen LogP contribution >= 0.6 is 0 Å². The van der Waals surface area contributed by atoms with Crippen LogP contribution in [-0.2, 0) is 14.0 Å². The number of ether oxygens (including phenoxy) is 1. The molecule has 1 aliphatic heterocycles. The maximum Gasteiger partial charge on any atom is 0.334 e. The predicted molar refractivity (Wildman–Crippen MR) is 101 cm³/mol. The first-order valence-corrected chi connectivity index (χ1v) is 12.3. The summed E-state index contributed by atoms with van der Waals surface area (Å²) >= 11 is 0. The quantitative estimate of drug-likeness (QED) is 0.290. The third-order valence-electron chi connectivity index (χ3n) is 5.79. The minimum Gasteiger partial charge on any atom is -0.452 e. The van der Waals surface area contributed by atoms with Gasteiger partial charge in [0.25, 0.3) is 0 Å². The predicted octanol–water partition coefficient (Wildman–Crippen LogP) is 5.53. The van der Waals surface area contributed by atoms with E-state index in [9.17, 15) is 4.79 Å². The van der Waals surface area contributed by atoms with E-state index < -0.39 is 8.32 Å². The average molecular weight is 351 g/mol. The lowest BCUT2D eigenvalue weighted by Gasteiger charge is -2.42. The third-order valence-corrected chi connectivity index (χ3v) is 10.3. The number of hydrogen-bond donors (Lipinski definition) is 0. The van der Waals surface area contributed by atoms with Crippen molar-refractivity contribution in [3.05, 3.63) is 23.3 Å². The molecule has 24 heavy (non-hydrogen) atoms. The van der Waals surface area contributed by atoms with Gasteiger partial charge in [-0.3, -0.25) is 0 Å². The second-order valence-electron chi connectivity index (χ2n) is 8.69. The Balaban J connectivity index is 2.22. The highest BCUT2D eigenvalue weighted by Crippen LogP contribution is 2.40. The van der Waals surface area contributed by atoms with E-state index in [2.05, 4.69) is 39.9 Å². The van der Waals surface area contributed by atoms with Crippen LogP contribution in [0.1, 0.15) is 66.2 Å². The van der Waals surface area contributed by atoms with E-state index in [4.69, 9.17) is 9.16 Å². The van der Waals surface area contributed by atoms with Crippen molar-refractivity contribution < 1.29 is 14.0 Å². The minimum absolute atomic E-state index is 0.0516. The number of carbonyl (C=O) groups is 1. The van der Waals surface area contributed by atoms with Crippen LogP contribution in [0.2, 0.25) is 18.1 Å². The van der Waals surface area contributed by atoms with Gasteiger partial charge in [-0.1, -0.05) is 38.8 Å². The number of carbonyl (C=O) groups excluding carboxylic acids is 1. The Kier molecular flexibility index (Phi) is 6.13. The number of esters is 1. The molecule has 4 heteroatoms. The molecule has 2 atom stereocenters. The van der Waals surface area contributed by atoms with Crippen molar-refractivity contribution in [2.24, 2.45) is 0 Å². The molecule has 0 aromatic heterocycles. The van der Waals surface area contributed by atoms with Crippen LogP contribution < -0.4 is 0 Å². The van der Waals surface area contributed by atoms with Crippen LogP contribution in [0.3, 0.4) is 0 Å². The van der Waals surface area contributed by atoms with Gasteiger partial charge in [0, 0.05) is 12.0 Å². The van der Waals surface area contributed by atoms with Crippen molar-refractivity contribution in [3.63, 3.8) is 0 Å². The van der Waals surface area contributed by atoms with E-state index in [-0.39, 0.29) is 23.2 Å². The summed E-state index contributed by atoms with van der Waals surface area (Å²) in [6.45, 7) is 13.2. The zero-order valence-corrected chi connectivity index (χ0v) is 17.3. The zero-order valence-electron chi connectivity index (χ0n) is 16.3. The van der Waals surface area contributed by atoms with Gasteiger partial charge in [-0.05, 0) is 56.8 Å². The number of cyclic esters (lactones) is 1. The minimum atomic E-state index is -1.91. The summed E-state index contributed by atoms with van der Waals surface area (Å²) in [4.78, 5) is 12.2. The lowest BCUT2D eigenvalue weighted by Crippen LogP contribution is -2.49. The molecule has 2 rings (SSSR count). The molecule has 0 bridgehead atoms. The molecule has 1 heterocycles. The lowest BCUT2D eigenvalue weighted by molar-refractivity contribution is -0.151. The van der Waals surface area contributed by atoms with Crippen molar-refractivity contribution in [1.82, 2.24) is 0 Å². The second kappa shape index (κ2) is 7.57. The first kappa shape index (κ1) is 19.5. The Labute approximate surface area is 148 Å². The van der Waals surface area contributed by atoms with E-state index in [1.54, 1.807) is 0 Å². The molecule has 0 aromatic rings. The van der Waals surface area contributed by atoms with Crippen molar-refractivity contribution in [1.29, 1.82) is 0 Å². The maximum atomic E-state index is 12.2. The van der Waals surface area contributed by atoms with Gasteiger partial charge in [-0.15, -0.1) is 0 Å². The standard InChI is InChI=1S/C20H34O3Si/c1-7-16-14-18(23-24(5,6)20(2,3)4)17(22-19(16)21)13-15-11-9-8-10-12-15/h7,13,17-18H,8-12,14H2,1-6H3/b16-7+/t17-,18+/m1/s1. The van der Waals surface area contributed by atoms with E-state index in [1.807, 2.05) is 13.0 Å². The number of rotatable bonds is 3. The molecule has 1 saturated heterocycles. The van der Waals surface area contributed by atoms with Gasteiger partial charge in [0.1, 0.15) is 6.10 Å². The Hall–Kier alpha value is -0.873. The summed E-state index contributed by atoms with van der Waals surface area (Å²) in [5.74, 6) is -0.176. The summed E-state index contributed by atoms with van der Waals surface area (Å²) in [6, 6.07) is 0. The van der Waals surface area contributed by atoms with Crippen molar-refractivity contribution in [2.75, 3.05) is 0 Å². The first-order chi connectivity index (χ1) is 11.1. The van der Waals surface area contributed by atoms with Crippen LogP contribution in [0.15, 0.2) is 23.3 Å². The average Bonchev–Trinajstić information content (AvgIpc) is 2.49. The second-order valence-corrected chi connectivity index (χ2v) is 13.4. The molecule has 0 radical (unpaired) electrons. The van der Waals surface area contributed by atoms with E-state index in [0.717, 1.165) is 18.4 Å². The SMILES string of the molecule is C/C=C1\C[C@H](O[Si](C)(C)C(C)(C)C)[C@@H](C=C2CCCCC2)OC1=O. The first-order valence-electron chi connectivity index (χ1n) is 9.37. The maximum absolute atomic E-state index is 12.2. The summed E-state index contributed by atoms with van der Waals surface area (Å²) in [6.07, 6.45) is 10.5. The third kappa shape index (κ3) is 4.60. The largest absolute Gasteiger partial charge is 0.452 e. The van der Waals surface area contributed by atoms with Gasteiger partial charge in [0.2, 0.25) is 0 Å². The summed E-state index contributed by atoms with van der Waals surface area (Å²) in [7, 11) is -1.91. The normalized spacial score (nSPS) is 28.0. The van der Waals surface area contributed by atoms with Crippen molar-refractivity contribution in [3.8, 4) is 0 Å². The molecule has 2 fully saturated rings. The molecule has 1 saturated carbocycles. The van der Waals surface area contributed by atoms with Crippen LogP contribution in [0.4, 0.5) is 0 Å². The highest BCUT2D eigenvalue weighted by atomic mass is 28.4. The van der Waals surface area contributed by atoms with Crippen molar-refractivity contribution >= 4 is 14.3 Å². The van der Waals surface area contributed by atoms with Gasteiger partial charge >= 0.3 is 5.97 Å². The Morgan fingerprint density at radius 3 is 2.33 bits per heavy atom. The Morgan fingerprint density at radius 2 is 1.79 bits per heavy atom. The topological polar surface area (TPSA) is 35.5 Å². The van der Waals surface area contributed by atoms with Gasteiger partial charge in [0.05, 0.1) is 6.10 Å². The fraction of sp³-hybridized carbons (Fsp3) is 0.750. The highest BCUT2D eigenvalue weighted by molar-refractivity contribution is 6.74. The molecule has 0 N–H and O–H groups in total. The highest BCUT2D eigenvalue weighted by Gasteiger charge is 2.43. The zero-order chi connectivity index (χ0) is 18.0. The fourth-order valence-electron chi connectivity index (χ4n) is 3.14. The van der Waals surface area contributed by atoms with E-state index in [1.165, 1.54) is 24.8 Å².